The first kappa shape index (κ1) is 24.6. The van der Waals surface area contributed by atoms with E-state index in [1.54, 1.807) is 54.3 Å². The van der Waals surface area contributed by atoms with Crippen LogP contribution in [0, 0.1) is 0 Å². The third-order valence-corrected chi connectivity index (χ3v) is 5.96. The monoisotopic (exact) mass is 499 g/mol. The van der Waals surface area contributed by atoms with Crippen LogP contribution in [0.2, 0.25) is 5.02 Å². The summed E-state index contributed by atoms with van der Waals surface area (Å²) >= 11 is 6.11. The van der Waals surface area contributed by atoms with Crippen LogP contribution in [0.15, 0.2) is 51.7 Å². The van der Waals surface area contributed by atoms with Gasteiger partial charge in [-0.2, -0.15) is 0 Å². The number of anilines is 1. The number of carbonyl (C=O) groups is 2. The van der Waals surface area contributed by atoms with E-state index in [1.165, 1.54) is 7.11 Å². The highest BCUT2D eigenvalue weighted by Gasteiger charge is 2.24. The van der Waals surface area contributed by atoms with Crippen LogP contribution in [-0.2, 0) is 9.53 Å². The molecule has 0 aliphatic carbocycles. The number of nitrogens with one attached hydrogen (secondary N) is 1. The molecule has 184 valence electrons. The van der Waals surface area contributed by atoms with Gasteiger partial charge in [-0.1, -0.05) is 23.7 Å². The normalized spacial score (nSPS) is 14.1. The molecule has 3 aromatic rings. The second kappa shape index (κ2) is 10.8. The summed E-state index contributed by atoms with van der Waals surface area (Å²) in [5.41, 5.74) is 0.738. The van der Waals surface area contributed by atoms with Gasteiger partial charge in [-0.05, 0) is 42.8 Å². The van der Waals surface area contributed by atoms with E-state index in [1.807, 2.05) is 4.90 Å². The fourth-order valence-electron chi connectivity index (χ4n) is 3.97. The minimum absolute atomic E-state index is 0.0493. The molecule has 0 bridgehead atoms. The highest BCUT2D eigenvalue weighted by atomic mass is 35.5. The van der Waals surface area contributed by atoms with Crippen molar-refractivity contribution in [2.24, 2.45) is 0 Å². The molecular weight excluding hydrogens is 474 g/mol. The van der Waals surface area contributed by atoms with E-state index in [4.69, 9.17) is 25.5 Å². The van der Waals surface area contributed by atoms with Crippen LogP contribution in [0.1, 0.15) is 6.92 Å². The average molecular weight is 500 g/mol. The molecule has 1 aliphatic rings. The summed E-state index contributed by atoms with van der Waals surface area (Å²) < 4.78 is 16.3. The fraction of sp³-hybridized carbons (Fsp3) is 0.320. The van der Waals surface area contributed by atoms with E-state index in [0.29, 0.717) is 60.1 Å². The number of amides is 2. The van der Waals surface area contributed by atoms with Crippen molar-refractivity contribution >= 4 is 40.5 Å². The molecule has 0 saturated carbocycles. The van der Waals surface area contributed by atoms with Crippen molar-refractivity contribution in [1.29, 1.82) is 0 Å². The van der Waals surface area contributed by atoms with Gasteiger partial charge in [-0.3, -0.25) is 19.8 Å². The first-order valence-corrected chi connectivity index (χ1v) is 11.6. The van der Waals surface area contributed by atoms with Gasteiger partial charge in [0, 0.05) is 31.2 Å². The Morgan fingerprint density at radius 1 is 1.11 bits per heavy atom. The van der Waals surface area contributed by atoms with Gasteiger partial charge >= 0.3 is 6.09 Å². The smallest absolute Gasteiger partial charge is 0.409 e. The Labute approximate surface area is 207 Å². The van der Waals surface area contributed by atoms with Crippen LogP contribution in [0.3, 0.4) is 0 Å². The molecule has 10 heteroatoms. The second-order valence-electron chi connectivity index (χ2n) is 8.02. The minimum atomic E-state index is -0.349. The highest BCUT2D eigenvalue weighted by Crippen LogP contribution is 2.31. The summed E-state index contributed by atoms with van der Waals surface area (Å²) in [7, 11) is 1.53. The number of hydrogen-bond donors (Lipinski definition) is 1. The van der Waals surface area contributed by atoms with Crippen molar-refractivity contribution in [2.45, 2.75) is 6.92 Å². The summed E-state index contributed by atoms with van der Waals surface area (Å²) in [5.74, 6) is 0.272. The molecule has 1 fully saturated rings. The number of nitrogens with zero attached hydrogens (tertiary/aromatic N) is 2. The molecule has 0 unspecified atom stereocenters. The van der Waals surface area contributed by atoms with Gasteiger partial charge in [0.15, 0.2) is 0 Å². The maximum Gasteiger partial charge on any atom is 0.409 e. The topological polar surface area (TPSA) is 101 Å². The molecule has 2 amide bonds. The highest BCUT2D eigenvalue weighted by molar-refractivity contribution is 6.31. The average Bonchev–Trinajstić information content (AvgIpc) is 2.85. The molecule has 0 spiro atoms. The Morgan fingerprint density at radius 2 is 1.89 bits per heavy atom. The van der Waals surface area contributed by atoms with E-state index in [9.17, 15) is 14.4 Å². The second-order valence-corrected chi connectivity index (χ2v) is 8.45. The molecule has 9 nitrogen and oxygen atoms in total. The number of ether oxygens (including phenoxy) is 2. The number of halogens is 1. The largest absolute Gasteiger partial charge is 0.497 e. The van der Waals surface area contributed by atoms with E-state index in [-0.39, 0.29) is 35.4 Å². The van der Waals surface area contributed by atoms with Crippen LogP contribution in [0.4, 0.5) is 10.7 Å². The Morgan fingerprint density at radius 3 is 2.60 bits per heavy atom. The van der Waals surface area contributed by atoms with E-state index < -0.39 is 0 Å². The lowest BCUT2D eigenvalue weighted by Crippen LogP contribution is -2.50. The van der Waals surface area contributed by atoms with E-state index in [0.717, 1.165) is 0 Å². The predicted octanol–water partition coefficient (Wildman–Crippen LogP) is 3.83. The third kappa shape index (κ3) is 5.58. The summed E-state index contributed by atoms with van der Waals surface area (Å²) in [4.78, 5) is 41.8. The standard InChI is InChI=1S/C25H26ClN3O6/c1-3-34-25(32)29-11-9-28(10-12-29)15-21(30)27-24-22(16-5-4-6-18(13-16)33-2)23(31)19-14-17(26)7-8-20(19)35-24/h4-8,13-14H,3,9-12,15H2,1-2H3,(H,27,30). The lowest BCUT2D eigenvalue weighted by molar-refractivity contribution is -0.117. The zero-order valence-corrected chi connectivity index (χ0v) is 20.3. The minimum Gasteiger partial charge on any atom is -0.497 e. The SMILES string of the molecule is CCOC(=O)N1CCN(CC(=O)Nc2oc3ccc(Cl)cc3c(=O)c2-c2cccc(OC)c2)CC1. The zero-order valence-electron chi connectivity index (χ0n) is 19.5. The van der Waals surface area contributed by atoms with Gasteiger partial charge in [0.05, 0.1) is 31.2 Å². The van der Waals surface area contributed by atoms with Crippen LogP contribution < -0.4 is 15.5 Å². The van der Waals surface area contributed by atoms with Gasteiger partial charge in [0.2, 0.25) is 17.2 Å². The third-order valence-electron chi connectivity index (χ3n) is 5.73. The molecule has 1 aliphatic heterocycles. The molecule has 0 radical (unpaired) electrons. The molecule has 2 heterocycles. The molecule has 1 aromatic heterocycles. The van der Waals surface area contributed by atoms with Crippen molar-refractivity contribution < 1.29 is 23.5 Å². The van der Waals surface area contributed by atoms with Gasteiger partial charge in [-0.15, -0.1) is 0 Å². The van der Waals surface area contributed by atoms with Crippen molar-refractivity contribution in [3.63, 3.8) is 0 Å². The fourth-order valence-corrected chi connectivity index (χ4v) is 4.14. The Balaban J connectivity index is 1.59. The number of rotatable bonds is 6. The lowest BCUT2D eigenvalue weighted by atomic mass is 10.0. The molecule has 1 saturated heterocycles. The van der Waals surface area contributed by atoms with Crippen LogP contribution in [0.5, 0.6) is 5.75 Å². The quantitative estimate of drug-likeness (QED) is 0.550. The lowest BCUT2D eigenvalue weighted by Gasteiger charge is -2.33. The number of carbonyl (C=O) groups excluding carboxylic acids is 2. The van der Waals surface area contributed by atoms with E-state index in [2.05, 4.69) is 5.32 Å². The first-order valence-electron chi connectivity index (χ1n) is 11.2. The number of methoxy groups -OCH3 is 1. The summed E-state index contributed by atoms with van der Waals surface area (Å²) in [6.07, 6.45) is -0.349. The van der Waals surface area contributed by atoms with Crippen molar-refractivity contribution in [3.8, 4) is 16.9 Å². The van der Waals surface area contributed by atoms with Crippen molar-refractivity contribution in [1.82, 2.24) is 9.80 Å². The molecule has 2 aromatic carbocycles. The van der Waals surface area contributed by atoms with Gasteiger partial charge in [0.25, 0.3) is 0 Å². The summed E-state index contributed by atoms with van der Waals surface area (Å²) in [6.45, 7) is 4.14. The van der Waals surface area contributed by atoms with E-state index >= 15 is 0 Å². The maximum atomic E-state index is 13.5. The van der Waals surface area contributed by atoms with Crippen LogP contribution in [0.25, 0.3) is 22.1 Å². The Kier molecular flexibility index (Phi) is 7.57. The first-order chi connectivity index (χ1) is 16.9. The van der Waals surface area contributed by atoms with Gasteiger partial charge in [-0.25, -0.2) is 4.79 Å². The van der Waals surface area contributed by atoms with Crippen LogP contribution in [-0.4, -0.2) is 68.2 Å². The molecule has 35 heavy (non-hydrogen) atoms. The molecular formula is C25H26ClN3O6. The number of hydrogen-bond acceptors (Lipinski definition) is 7. The molecule has 1 N–H and O–H groups in total. The Hall–Kier alpha value is -3.56. The number of piperazine rings is 1. The van der Waals surface area contributed by atoms with Crippen molar-refractivity contribution in [2.75, 3.05) is 51.8 Å². The summed E-state index contributed by atoms with van der Waals surface area (Å²) in [5, 5.41) is 3.48. The van der Waals surface area contributed by atoms with Crippen molar-refractivity contribution in [3.05, 3.63) is 57.7 Å². The predicted molar refractivity (Wildman–Crippen MR) is 133 cm³/mol. The molecule has 0 atom stereocenters. The maximum absolute atomic E-state index is 13.5. The number of fused-ring (bicyclic) bond motifs is 1. The number of benzene rings is 2. The Bertz CT molecular complexity index is 1300. The van der Waals surface area contributed by atoms with Gasteiger partial charge < -0.3 is 18.8 Å². The molecule has 4 rings (SSSR count). The van der Waals surface area contributed by atoms with Gasteiger partial charge in [0.1, 0.15) is 11.3 Å². The summed E-state index contributed by atoms with van der Waals surface area (Å²) in [6, 6.07) is 11.7. The van der Waals surface area contributed by atoms with Crippen LogP contribution >= 0.6 is 11.6 Å². The zero-order chi connectivity index (χ0) is 24.9.